The Morgan fingerprint density at radius 2 is 2.25 bits per heavy atom. The van der Waals surface area contributed by atoms with Crippen LogP contribution in [-0.2, 0) is 4.58 Å². The molecule has 0 saturated carbocycles. The van der Waals surface area contributed by atoms with E-state index < -0.39 is 0 Å². The van der Waals surface area contributed by atoms with Crippen LogP contribution >= 0.6 is 0 Å². The van der Waals surface area contributed by atoms with Crippen molar-refractivity contribution in [3.05, 3.63) is 0 Å². The summed E-state index contributed by atoms with van der Waals surface area (Å²) in [6, 6.07) is 0. The van der Waals surface area contributed by atoms with Gasteiger partial charge in [-0.2, -0.15) is 0 Å². The molecule has 4 heavy (non-hydrogen) atoms. The highest BCUT2D eigenvalue weighted by atomic mass is 28.2. The first-order chi connectivity index (χ1) is 1.91. The van der Waals surface area contributed by atoms with Crippen LogP contribution in [0.25, 0.3) is 0 Å². The molecule has 0 aliphatic heterocycles. The van der Waals surface area contributed by atoms with Gasteiger partial charge < -0.3 is 0 Å². The van der Waals surface area contributed by atoms with Crippen molar-refractivity contribution in [2.75, 3.05) is 0 Å². The Kier molecular flexibility index (Phi) is 3.24. The summed E-state index contributed by atoms with van der Waals surface area (Å²) >= 11 is 0. The summed E-state index contributed by atoms with van der Waals surface area (Å²) in [4.78, 5) is 0. The van der Waals surface area contributed by atoms with E-state index in [9.17, 15) is 0 Å². The summed E-state index contributed by atoms with van der Waals surface area (Å²) in [7, 11) is 0.196. The molecule has 0 unspecified atom stereocenters. The molecule has 0 aliphatic carbocycles. The van der Waals surface area contributed by atoms with Gasteiger partial charge in [-0.25, -0.2) is 0 Å². The molecule has 1 N–H and O–H groups in total. The average molecular weight is 76.1 g/mol. The lowest BCUT2D eigenvalue weighted by atomic mass is 11.9. The van der Waals surface area contributed by atoms with Gasteiger partial charge in [0.1, 0.15) is 0 Å². The summed E-state index contributed by atoms with van der Waals surface area (Å²) in [5.74, 6) is 0. The lowest BCUT2D eigenvalue weighted by Crippen LogP contribution is -1.80. The lowest BCUT2D eigenvalue weighted by molar-refractivity contribution is -0.137. The summed E-state index contributed by atoms with van der Waals surface area (Å²) in [6.07, 6.45) is 0. The van der Waals surface area contributed by atoms with E-state index in [-0.39, 0.29) is 9.76 Å². The van der Waals surface area contributed by atoms with Crippen LogP contribution in [0.15, 0.2) is 0 Å². The molecule has 0 saturated heterocycles. The SMILES string of the molecule is C[Si]OO. The second-order valence-electron chi connectivity index (χ2n) is 0.295. The van der Waals surface area contributed by atoms with E-state index in [1.807, 2.05) is 0 Å². The first kappa shape index (κ1) is 4.14. The summed E-state index contributed by atoms with van der Waals surface area (Å²) in [5.41, 5.74) is 0. The molecule has 0 spiro atoms. The zero-order valence-corrected chi connectivity index (χ0v) is 3.36. The molecule has 0 aromatic carbocycles. The van der Waals surface area contributed by atoms with Gasteiger partial charge >= 0.3 is 0 Å². The zero-order valence-electron chi connectivity index (χ0n) is 2.36. The van der Waals surface area contributed by atoms with Crippen LogP contribution in [0.2, 0.25) is 6.55 Å². The highest BCUT2D eigenvalue weighted by molar-refractivity contribution is 6.24. The van der Waals surface area contributed by atoms with E-state index in [0.29, 0.717) is 0 Å². The Morgan fingerprint density at radius 1 is 2.00 bits per heavy atom. The molecule has 0 bridgehead atoms. The van der Waals surface area contributed by atoms with Crippen LogP contribution in [-0.4, -0.2) is 15.0 Å². The van der Waals surface area contributed by atoms with Crippen molar-refractivity contribution < 1.29 is 9.83 Å². The number of hydrogen-bond donors (Lipinski definition) is 1. The third kappa shape index (κ3) is 2.14. The normalized spacial score (nSPS) is 7.50. The largest absolute Gasteiger partial charge is 0.290 e. The van der Waals surface area contributed by atoms with Crippen molar-refractivity contribution in [2.45, 2.75) is 6.55 Å². The molecule has 0 aromatic rings. The fourth-order valence-electron chi connectivity index (χ4n) is 0. The minimum absolute atomic E-state index is 0.196. The van der Waals surface area contributed by atoms with Crippen LogP contribution in [0, 0.1) is 0 Å². The Hall–Kier alpha value is 0.137. The molecule has 0 aromatic heterocycles. The highest BCUT2D eigenvalue weighted by Crippen LogP contribution is 1.46. The number of rotatable bonds is 1. The Morgan fingerprint density at radius 3 is 2.25 bits per heavy atom. The summed E-state index contributed by atoms with van der Waals surface area (Å²) in [6.45, 7) is 1.74. The van der Waals surface area contributed by atoms with Gasteiger partial charge in [0.15, 0.2) is 0 Å². The maximum Gasteiger partial charge on any atom is 0.279 e. The molecule has 2 radical (unpaired) electrons. The van der Waals surface area contributed by atoms with Crippen molar-refractivity contribution in [1.82, 2.24) is 0 Å². The monoisotopic (exact) mass is 76.0 g/mol. The Labute approximate surface area is 27.3 Å². The lowest BCUT2D eigenvalue weighted by Gasteiger charge is -1.71. The van der Waals surface area contributed by atoms with Gasteiger partial charge in [-0.05, 0) is 6.55 Å². The summed E-state index contributed by atoms with van der Waals surface area (Å²) in [5, 5.41) is 7.39. The van der Waals surface area contributed by atoms with Crippen LogP contribution in [0.1, 0.15) is 0 Å². The van der Waals surface area contributed by atoms with Crippen LogP contribution < -0.4 is 0 Å². The van der Waals surface area contributed by atoms with Crippen molar-refractivity contribution >= 4 is 9.76 Å². The van der Waals surface area contributed by atoms with Gasteiger partial charge in [-0.15, -0.1) is 0 Å². The molecule has 24 valence electrons. The predicted molar refractivity (Wildman–Crippen MR) is 15.3 cm³/mol. The van der Waals surface area contributed by atoms with Gasteiger partial charge in [0.2, 0.25) is 0 Å². The second-order valence-corrected chi connectivity index (χ2v) is 0.886. The second kappa shape index (κ2) is 3.14. The van der Waals surface area contributed by atoms with Gasteiger partial charge in [0, 0.05) is 0 Å². The van der Waals surface area contributed by atoms with Gasteiger partial charge in [-0.1, -0.05) is 0 Å². The molecule has 0 atom stereocenters. The fraction of sp³-hybridized carbons (Fsp3) is 1.00. The smallest absolute Gasteiger partial charge is 0.279 e. The third-order valence-electron chi connectivity index (χ3n) is 0.0913. The molecule has 0 heterocycles. The van der Waals surface area contributed by atoms with Gasteiger partial charge in [0.05, 0.1) is 0 Å². The van der Waals surface area contributed by atoms with E-state index in [4.69, 9.17) is 5.26 Å². The van der Waals surface area contributed by atoms with E-state index in [1.165, 1.54) is 0 Å². The van der Waals surface area contributed by atoms with Crippen LogP contribution in [0.4, 0.5) is 0 Å². The molecule has 0 fully saturated rings. The zero-order chi connectivity index (χ0) is 3.41. The minimum Gasteiger partial charge on any atom is -0.290 e. The van der Waals surface area contributed by atoms with Crippen molar-refractivity contribution in [1.29, 1.82) is 0 Å². The third-order valence-corrected chi connectivity index (χ3v) is 0.274. The van der Waals surface area contributed by atoms with Gasteiger partial charge in [0.25, 0.3) is 9.76 Å². The van der Waals surface area contributed by atoms with Crippen molar-refractivity contribution in [3.8, 4) is 0 Å². The molecular weight excluding hydrogens is 72.1 g/mol. The Balaban J connectivity index is 1.97. The van der Waals surface area contributed by atoms with Crippen molar-refractivity contribution in [3.63, 3.8) is 0 Å². The highest BCUT2D eigenvalue weighted by Gasteiger charge is 1.61. The minimum atomic E-state index is 0.196. The maximum absolute atomic E-state index is 7.39. The molecule has 0 rings (SSSR count). The molecule has 3 heteroatoms. The molecule has 0 aliphatic rings. The van der Waals surface area contributed by atoms with E-state index in [0.717, 1.165) is 0 Å². The molecular formula is CH4O2Si. The van der Waals surface area contributed by atoms with Gasteiger partial charge in [-0.3, -0.25) is 9.83 Å². The standard InChI is InChI=1S/CH4O2Si/c1-4-3-2/h2H,1H3. The van der Waals surface area contributed by atoms with Crippen molar-refractivity contribution in [2.24, 2.45) is 0 Å². The Bertz CT molecular complexity index is 8.00. The topological polar surface area (TPSA) is 29.5 Å². The average Bonchev–Trinajstić information content (AvgIpc) is 1.37. The maximum atomic E-state index is 7.39. The molecule has 2 nitrogen and oxygen atoms in total. The molecule has 0 amide bonds. The number of hydrogen-bond acceptors (Lipinski definition) is 2. The van der Waals surface area contributed by atoms with E-state index in [1.54, 1.807) is 6.55 Å². The first-order valence-electron chi connectivity index (χ1n) is 0.887. The summed E-state index contributed by atoms with van der Waals surface area (Å²) < 4.78 is 3.57. The van der Waals surface area contributed by atoms with E-state index >= 15 is 0 Å². The first-order valence-corrected chi connectivity index (χ1v) is 2.29. The van der Waals surface area contributed by atoms with E-state index in [2.05, 4.69) is 4.58 Å². The predicted octanol–water partition coefficient (Wildman–Crippen LogP) is 0.143. The van der Waals surface area contributed by atoms with Crippen LogP contribution in [0.5, 0.6) is 0 Å². The quantitative estimate of drug-likeness (QED) is 0.273. The fourth-order valence-corrected chi connectivity index (χ4v) is 0. The van der Waals surface area contributed by atoms with Crippen LogP contribution in [0.3, 0.4) is 0 Å².